The summed E-state index contributed by atoms with van der Waals surface area (Å²) < 4.78 is 26.6. The van der Waals surface area contributed by atoms with E-state index in [1.807, 2.05) is 6.92 Å². The average Bonchev–Trinajstić information content (AvgIpc) is 3.19. The zero-order valence-corrected chi connectivity index (χ0v) is 11.9. The van der Waals surface area contributed by atoms with Crippen molar-refractivity contribution in [2.24, 2.45) is 0 Å². The third-order valence-corrected chi connectivity index (χ3v) is 4.46. The van der Waals surface area contributed by atoms with Gasteiger partial charge in [-0.15, -0.1) is 0 Å². The molecule has 1 aliphatic rings. The lowest BCUT2D eigenvalue weighted by Crippen LogP contribution is -2.25. The molecule has 1 saturated carbocycles. The molecule has 0 aromatic heterocycles. The number of anilines is 1. The Balaban J connectivity index is 2.31. The molecule has 8 heteroatoms. The third-order valence-electron chi connectivity index (χ3n) is 2.94. The van der Waals surface area contributed by atoms with Crippen LogP contribution in [0.3, 0.4) is 0 Å². The van der Waals surface area contributed by atoms with E-state index in [0.717, 1.165) is 25.3 Å². The second kappa shape index (κ2) is 5.76. The normalized spacial score (nSPS) is 15.1. The predicted molar refractivity (Wildman–Crippen MR) is 75.2 cm³/mol. The number of nitrogens with one attached hydrogen (secondary N) is 2. The highest BCUT2D eigenvalue weighted by atomic mass is 32.2. The fraction of sp³-hybridized carbons (Fsp3) is 0.500. The standard InChI is InChI=1S/C12H17N3O4S/c1-2-7-13-11-6-5-10(8-12(11)15(16)17)20(18,19)14-9-3-4-9/h5-6,8-9,13-14H,2-4,7H2,1H3. The van der Waals surface area contributed by atoms with Crippen molar-refractivity contribution in [3.63, 3.8) is 0 Å². The van der Waals surface area contributed by atoms with E-state index in [4.69, 9.17) is 0 Å². The van der Waals surface area contributed by atoms with Gasteiger partial charge in [0.25, 0.3) is 5.69 Å². The maximum Gasteiger partial charge on any atom is 0.293 e. The molecule has 0 aliphatic heterocycles. The van der Waals surface area contributed by atoms with Gasteiger partial charge in [-0.1, -0.05) is 6.92 Å². The molecule has 0 bridgehead atoms. The van der Waals surface area contributed by atoms with Crippen LogP contribution in [0, 0.1) is 10.1 Å². The highest BCUT2D eigenvalue weighted by molar-refractivity contribution is 7.89. The van der Waals surface area contributed by atoms with Crippen molar-refractivity contribution in [2.45, 2.75) is 37.1 Å². The number of hydrogen-bond donors (Lipinski definition) is 2. The summed E-state index contributed by atoms with van der Waals surface area (Å²) in [5.74, 6) is 0. The molecule has 1 fully saturated rings. The van der Waals surface area contributed by atoms with Crippen molar-refractivity contribution >= 4 is 21.4 Å². The maximum absolute atomic E-state index is 12.0. The first-order valence-electron chi connectivity index (χ1n) is 6.48. The van der Waals surface area contributed by atoms with Crippen LogP contribution in [0.15, 0.2) is 23.1 Å². The maximum atomic E-state index is 12.0. The quantitative estimate of drug-likeness (QED) is 0.591. The van der Waals surface area contributed by atoms with E-state index in [1.54, 1.807) is 0 Å². The van der Waals surface area contributed by atoms with Gasteiger partial charge in [0.1, 0.15) is 5.69 Å². The molecule has 0 heterocycles. The van der Waals surface area contributed by atoms with Crippen molar-refractivity contribution in [1.82, 2.24) is 4.72 Å². The smallest absolute Gasteiger partial charge is 0.293 e. The summed E-state index contributed by atoms with van der Waals surface area (Å²) in [6.45, 7) is 2.53. The van der Waals surface area contributed by atoms with E-state index in [2.05, 4.69) is 10.0 Å². The lowest BCUT2D eigenvalue weighted by Gasteiger charge is -2.09. The van der Waals surface area contributed by atoms with E-state index in [1.165, 1.54) is 12.1 Å². The molecular weight excluding hydrogens is 282 g/mol. The van der Waals surface area contributed by atoms with Crippen LogP contribution in [-0.2, 0) is 10.0 Å². The van der Waals surface area contributed by atoms with Gasteiger partial charge in [0.2, 0.25) is 10.0 Å². The first-order valence-corrected chi connectivity index (χ1v) is 7.97. The van der Waals surface area contributed by atoms with Crippen molar-refractivity contribution < 1.29 is 13.3 Å². The van der Waals surface area contributed by atoms with Crippen LogP contribution in [0.25, 0.3) is 0 Å². The molecule has 1 aliphatic carbocycles. The van der Waals surface area contributed by atoms with E-state index in [9.17, 15) is 18.5 Å². The minimum absolute atomic E-state index is 0.0306. The Morgan fingerprint density at radius 3 is 2.65 bits per heavy atom. The van der Waals surface area contributed by atoms with E-state index < -0.39 is 14.9 Å². The van der Waals surface area contributed by atoms with Crippen molar-refractivity contribution in [1.29, 1.82) is 0 Å². The Morgan fingerprint density at radius 1 is 1.40 bits per heavy atom. The van der Waals surface area contributed by atoms with Crippen LogP contribution < -0.4 is 10.0 Å². The number of benzene rings is 1. The van der Waals surface area contributed by atoms with Crippen LogP contribution in [-0.4, -0.2) is 25.9 Å². The van der Waals surface area contributed by atoms with Crippen molar-refractivity contribution in [3.8, 4) is 0 Å². The molecule has 0 radical (unpaired) electrons. The fourth-order valence-corrected chi connectivity index (χ4v) is 3.05. The van der Waals surface area contributed by atoms with Gasteiger partial charge in [0.15, 0.2) is 0 Å². The molecule has 0 atom stereocenters. The summed E-state index contributed by atoms with van der Waals surface area (Å²) in [4.78, 5) is 10.4. The Labute approximate surface area is 117 Å². The first kappa shape index (κ1) is 14.7. The predicted octanol–water partition coefficient (Wildman–Crippen LogP) is 1.86. The number of rotatable bonds is 7. The number of nitro benzene ring substituents is 1. The molecule has 20 heavy (non-hydrogen) atoms. The lowest BCUT2D eigenvalue weighted by atomic mass is 10.2. The SMILES string of the molecule is CCCNc1ccc(S(=O)(=O)NC2CC2)cc1[N+](=O)[O-]. The summed E-state index contributed by atoms with van der Waals surface area (Å²) in [6, 6.07) is 3.89. The topological polar surface area (TPSA) is 101 Å². The van der Waals surface area contributed by atoms with Crippen LogP contribution in [0.5, 0.6) is 0 Å². The Morgan fingerprint density at radius 2 is 2.10 bits per heavy atom. The molecule has 2 N–H and O–H groups in total. The Hall–Kier alpha value is -1.67. The van der Waals surface area contributed by atoms with Gasteiger partial charge in [0, 0.05) is 18.7 Å². The Kier molecular flexibility index (Phi) is 4.24. The highest BCUT2D eigenvalue weighted by Gasteiger charge is 2.29. The zero-order chi connectivity index (χ0) is 14.8. The minimum atomic E-state index is -3.67. The molecule has 0 saturated heterocycles. The van der Waals surface area contributed by atoms with Gasteiger partial charge in [-0.25, -0.2) is 13.1 Å². The van der Waals surface area contributed by atoms with E-state index in [0.29, 0.717) is 12.2 Å². The van der Waals surface area contributed by atoms with Gasteiger partial charge < -0.3 is 5.32 Å². The van der Waals surface area contributed by atoms with E-state index >= 15 is 0 Å². The van der Waals surface area contributed by atoms with Gasteiger partial charge in [-0.2, -0.15) is 0 Å². The Bertz CT molecular complexity index is 611. The van der Waals surface area contributed by atoms with Crippen LogP contribution >= 0.6 is 0 Å². The molecule has 1 aromatic rings. The monoisotopic (exact) mass is 299 g/mol. The molecule has 7 nitrogen and oxygen atoms in total. The second-order valence-electron chi connectivity index (χ2n) is 4.76. The van der Waals surface area contributed by atoms with Gasteiger partial charge in [-0.3, -0.25) is 10.1 Å². The summed E-state index contributed by atoms with van der Waals surface area (Å²) in [5, 5.41) is 14.0. The molecular formula is C12H17N3O4S. The van der Waals surface area contributed by atoms with Crippen molar-refractivity contribution in [3.05, 3.63) is 28.3 Å². The van der Waals surface area contributed by atoms with Crippen LogP contribution in [0.2, 0.25) is 0 Å². The zero-order valence-electron chi connectivity index (χ0n) is 11.1. The number of nitro groups is 1. The molecule has 1 aromatic carbocycles. The molecule has 0 spiro atoms. The molecule has 110 valence electrons. The third kappa shape index (κ3) is 3.45. The second-order valence-corrected chi connectivity index (χ2v) is 6.47. The lowest BCUT2D eigenvalue weighted by molar-refractivity contribution is -0.384. The highest BCUT2D eigenvalue weighted by Crippen LogP contribution is 2.29. The summed E-state index contributed by atoms with van der Waals surface area (Å²) in [7, 11) is -3.67. The number of nitrogens with zero attached hydrogens (tertiary/aromatic N) is 1. The molecule has 2 rings (SSSR count). The number of hydrogen-bond acceptors (Lipinski definition) is 5. The van der Waals surface area contributed by atoms with E-state index in [-0.39, 0.29) is 16.6 Å². The molecule has 0 amide bonds. The average molecular weight is 299 g/mol. The van der Waals surface area contributed by atoms with Crippen LogP contribution in [0.4, 0.5) is 11.4 Å². The van der Waals surface area contributed by atoms with Gasteiger partial charge in [0.05, 0.1) is 9.82 Å². The van der Waals surface area contributed by atoms with Crippen molar-refractivity contribution in [2.75, 3.05) is 11.9 Å². The van der Waals surface area contributed by atoms with Gasteiger partial charge >= 0.3 is 0 Å². The fourth-order valence-electron chi connectivity index (χ4n) is 1.73. The number of sulfonamides is 1. The first-order chi connectivity index (χ1) is 9.44. The summed E-state index contributed by atoms with van der Waals surface area (Å²) in [5.41, 5.74) is 0.111. The van der Waals surface area contributed by atoms with Crippen LogP contribution in [0.1, 0.15) is 26.2 Å². The molecule has 0 unspecified atom stereocenters. The minimum Gasteiger partial charge on any atom is -0.380 e. The largest absolute Gasteiger partial charge is 0.380 e. The summed E-state index contributed by atoms with van der Waals surface area (Å²) in [6.07, 6.45) is 2.45. The summed E-state index contributed by atoms with van der Waals surface area (Å²) >= 11 is 0. The van der Waals surface area contributed by atoms with Gasteiger partial charge in [-0.05, 0) is 31.4 Å².